The van der Waals surface area contributed by atoms with Gasteiger partial charge in [0.1, 0.15) is 5.82 Å². The van der Waals surface area contributed by atoms with Gasteiger partial charge in [-0.2, -0.15) is 14.3 Å². The molecule has 0 unspecified atom stereocenters. The average Bonchev–Trinajstić information content (AvgIpc) is 3.36. The standard InChI is InChI=1S/C23H25N7O3/c1-5-10-33-17-7-6-15(11-18(17)32-4)16-12-21(31)24-23-22(16)13(2)27-30(23)20-9-8-19-26-25-14(3)29(19)28-20/h6-9,11,16H,5,10,12H2,1-4H3,(H,24,31)/t16-/m1/s1. The highest BCUT2D eigenvalue weighted by Gasteiger charge is 2.33. The molecule has 0 radical (unpaired) electrons. The van der Waals surface area contributed by atoms with E-state index in [9.17, 15) is 4.79 Å². The van der Waals surface area contributed by atoms with E-state index in [1.165, 1.54) is 0 Å². The van der Waals surface area contributed by atoms with Crippen molar-refractivity contribution in [3.8, 4) is 17.3 Å². The lowest BCUT2D eigenvalue weighted by atomic mass is 9.85. The van der Waals surface area contributed by atoms with Crippen molar-refractivity contribution in [2.75, 3.05) is 19.0 Å². The number of nitrogens with zero attached hydrogens (tertiary/aromatic N) is 6. The maximum absolute atomic E-state index is 12.7. The van der Waals surface area contributed by atoms with Crippen LogP contribution in [0.5, 0.6) is 11.5 Å². The summed E-state index contributed by atoms with van der Waals surface area (Å²) in [6.45, 7) is 6.44. The molecule has 10 heteroatoms. The topological polar surface area (TPSA) is 108 Å². The first-order chi connectivity index (χ1) is 16.0. The SMILES string of the molecule is CCCOc1ccc([C@H]2CC(=O)Nc3c2c(C)nn3-c2ccc3nnc(C)n3n2)cc1OC. The van der Waals surface area contributed by atoms with E-state index in [1.807, 2.05) is 44.2 Å². The van der Waals surface area contributed by atoms with E-state index in [2.05, 4.69) is 27.5 Å². The van der Waals surface area contributed by atoms with Crippen LogP contribution < -0.4 is 14.8 Å². The number of ether oxygens (including phenoxy) is 2. The Morgan fingerprint density at radius 3 is 2.76 bits per heavy atom. The molecule has 0 saturated carbocycles. The van der Waals surface area contributed by atoms with Crippen LogP contribution in [-0.4, -0.2) is 49.2 Å². The van der Waals surface area contributed by atoms with Crippen molar-refractivity contribution in [1.82, 2.24) is 29.6 Å². The second kappa shape index (κ2) is 8.19. The van der Waals surface area contributed by atoms with Gasteiger partial charge in [-0.1, -0.05) is 13.0 Å². The summed E-state index contributed by atoms with van der Waals surface area (Å²) >= 11 is 0. The van der Waals surface area contributed by atoms with E-state index < -0.39 is 0 Å². The predicted molar refractivity (Wildman–Crippen MR) is 121 cm³/mol. The largest absolute Gasteiger partial charge is 0.493 e. The number of anilines is 1. The van der Waals surface area contributed by atoms with Gasteiger partial charge in [0.15, 0.2) is 28.8 Å². The fraction of sp³-hybridized carbons (Fsp3) is 0.348. The zero-order chi connectivity index (χ0) is 23.1. The van der Waals surface area contributed by atoms with Crippen LogP contribution in [0.2, 0.25) is 0 Å². The number of rotatable bonds is 6. The minimum absolute atomic E-state index is 0.0829. The molecule has 33 heavy (non-hydrogen) atoms. The van der Waals surface area contributed by atoms with Gasteiger partial charge in [0.25, 0.3) is 0 Å². The molecule has 1 N–H and O–H groups in total. The summed E-state index contributed by atoms with van der Waals surface area (Å²) in [6, 6.07) is 9.48. The first kappa shape index (κ1) is 20.9. The first-order valence-corrected chi connectivity index (χ1v) is 10.9. The lowest BCUT2D eigenvalue weighted by Crippen LogP contribution is -2.25. The number of methoxy groups -OCH3 is 1. The molecule has 170 valence electrons. The Balaban J connectivity index is 1.59. The summed E-state index contributed by atoms with van der Waals surface area (Å²) in [5.74, 6) is 2.95. The molecule has 0 spiro atoms. The van der Waals surface area contributed by atoms with Crippen LogP contribution in [-0.2, 0) is 4.79 Å². The second-order valence-electron chi connectivity index (χ2n) is 8.03. The first-order valence-electron chi connectivity index (χ1n) is 10.9. The van der Waals surface area contributed by atoms with Crippen LogP contribution in [0.3, 0.4) is 0 Å². The van der Waals surface area contributed by atoms with Gasteiger partial charge in [0, 0.05) is 17.9 Å². The smallest absolute Gasteiger partial charge is 0.226 e. The molecule has 0 saturated heterocycles. The number of carbonyl (C=O) groups is 1. The van der Waals surface area contributed by atoms with E-state index in [1.54, 1.807) is 16.3 Å². The maximum Gasteiger partial charge on any atom is 0.226 e. The van der Waals surface area contributed by atoms with Crippen molar-refractivity contribution in [1.29, 1.82) is 0 Å². The summed E-state index contributed by atoms with van der Waals surface area (Å²) in [5.41, 5.74) is 3.39. The third kappa shape index (κ3) is 3.57. The molecule has 3 aromatic heterocycles. The maximum atomic E-state index is 12.7. The van der Waals surface area contributed by atoms with Gasteiger partial charge < -0.3 is 14.8 Å². The van der Waals surface area contributed by atoms with E-state index in [0.717, 1.165) is 23.2 Å². The van der Waals surface area contributed by atoms with E-state index in [4.69, 9.17) is 14.6 Å². The van der Waals surface area contributed by atoms with Crippen molar-refractivity contribution < 1.29 is 14.3 Å². The molecule has 1 aromatic carbocycles. The van der Waals surface area contributed by atoms with Crippen LogP contribution >= 0.6 is 0 Å². The number of nitrogens with one attached hydrogen (secondary N) is 1. The molecule has 0 fully saturated rings. The molecular formula is C23H25N7O3. The van der Waals surface area contributed by atoms with Gasteiger partial charge in [0.2, 0.25) is 5.91 Å². The quantitative estimate of drug-likeness (QED) is 0.483. The van der Waals surface area contributed by atoms with Crippen molar-refractivity contribution in [2.24, 2.45) is 0 Å². The summed E-state index contributed by atoms with van der Waals surface area (Å²) in [7, 11) is 1.62. The van der Waals surface area contributed by atoms with Crippen molar-refractivity contribution >= 4 is 17.4 Å². The molecule has 1 amide bonds. The third-order valence-corrected chi connectivity index (χ3v) is 5.78. The Bertz CT molecular complexity index is 1360. The number of hydrogen-bond acceptors (Lipinski definition) is 7. The molecule has 1 atom stereocenters. The fourth-order valence-electron chi connectivity index (χ4n) is 4.23. The zero-order valence-corrected chi connectivity index (χ0v) is 19.0. The summed E-state index contributed by atoms with van der Waals surface area (Å²) in [4.78, 5) is 12.7. The molecule has 4 aromatic rings. The van der Waals surface area contributed by atoms with Gasteiger partial charge >= 0.3 is 0 Å². The molecule has 0 aliphatic carbocycles. The number of aromatic nitrogens is 6. The minimum Gasteiger partial charge on any atom is -0.493 e. The number of amides is 1. The Labute approximate surface area is 190 Å². The number of carbonyl (C=O) groups excluding carboxylic acids is 1. The van der Waals surface area contributed by atoms with Crippen LogP contribution in [0, 0.1) is 13.8 Å². The highest BCUT2D eigenvalue weighted by molar-refractivity contribution is 5.95. The predicted octanol–water partition coefficient (Wildman–Crippen LogP) is 3.20. The van der Waals surface area contributed by atoms with Crippen LogP contribution in [0.1, 0.15) is 48.3 Å². The average molecular weight is 447 g/mol. The molecule has 1 aliphatic rings. The number of aryl methyl sites for hydroxylation is 2. The Hall–Kier alpha value is -3.95. The van der Waals surface area contributed by atoms with E-state index in [0.29, 0.717) is 47.6 Å². The molecular weight excluding hydrogens is 422 g/mol. The zero-order valence-electron chi connectivity index (χ0n) is 19.0. The Morgan fingerprint density at radius 1 is 1.12 bits per heavy atom. The van der Waals surface area contributed by atoms with Crippen LogP contribution in [0.4, 0.5) is 5.82 Å². The monoisotopic (exact) mass is 447 g/mol. The van der Waals surface area contributed by atoms with Gasteiger partial charge in [-0.3, -0.25) is 4.79 Å². The van der Waals surface area contributed by atoms with Crippen molar-refractivity contribution in [3.63, 3.8) is 0 Å². The molecule has 1 aliphatic heterocycles. The van der Waals surface area contributed by atoms with E-state index in [-0.39, 0.29) is 11.8 Å². The van der Waals surface area contributed by atoms with Gasteiger partial charge in [-0.05, 0) is 50.1 Å². The Kier molecular flexibility index (Phi) is 5.20. The molecule has 0 bridgehead atoms. The number of benzene rings is 1. The third-order valence-electron chi connectivity index (χ3n) is 5.78. The van der Waals surface area contributed by atoms with Crippen LogP contribution in [0.15, 0.2) is 30.3 Å². The normalized spacial score (nSPS) is 15.4. The Morgan fingerprint density at radius 2 is 1.97 bits per heavy atom. The van der Waals surface area contributed by atoms with Gasteiger partial charge in [-0.25, -0.2) is 0 Å². The lowest BCUT2D eigenvalue weighted by Gasteiger charge is -2.25. The summed E-state index contributed by atoms with van der Waals surface area (Å²) in [6.07, 6.45) is 1.22. The minimum atomic E-state index is -0.169. The lowest BCUT2D eigenvalue weighted by molar-refractivity contribution is -0.116. The highest BCUT2D eigenvalue weighted by atomic mass is 16.5. The number of fused-ring (bicyclic) bond motifs is 2. The molecule has 5 rings (SSSR count). The van der Waals surface area contributed by atoms with E-state index >= 15 is 0 Å². The van der Waals surface area contributed by atoms with Crippen molar-refractivity contribution in [3.05, 3.63) is 53.0 Å². The van der Waals surface area contributed by atoms with Crippen LogP contribution in [0.25, 0.3) is 11.5 Å². The fourth-order valence-corrected chi connectivity index (χ4v) is 4.23. The van der Waals surface area contributed by atoms with Gasteiger partial charge in [0.05, 0.1) is 19.4 Å². The van der Waals surface area contributed by atoms with Crippen molar-refractivity contribution in [2.45, 2.75) is 39.5 Å². The molecule has 10 nitrogen and oxygen atoms in total. The molecule has 4 heterocycles. The number of hydrogen-bond donors (Lipinski definition) is 1. The second-order valence-corrected chi connectivity index (χ2v) is 8.03. The summed E-state index contributed by atoms with van der Waals surface area (Å²) in [5, 5.41) is 20.5. The highest BCUT2D eigenvalue weighted by Crippen LogP contribution is 2.42. The summed E-state index contributed by atoms with van der Waals surface area (Å²) < 4.78 is 14.7. The van der Waals surface area contributed by atoms with Gasteiger partial charge in [-0.15, -0.1) is 15.3 Å².